The molecule has 2 N–H and O–H groups in total. The van der Waals surface area contributed by atoms with E-state index in [0.717, 1.165) is 25.2 Å². The maximum Gasteiger partial charge on any atom is 0.324 e. The molecular weight excluding hydrogens is 341 g/mol. The third-order valence-corrected chi connectivity index (χ3v) is 4.35. The Bertz CT molecular complexity index is 671. The first-order valence-electron chi connectivity index (χ1n) is 7.07. The van der Waals surface area contributed by atoms with Crippen molar-refractivity contribution in [3.63, 3.8) is 0 Å². The van der Waals surface area contributed by atoms with Gasteiger partial charge in [-0.05, 0) is 22.9 Å². The highest BCUT2D eigenvalue weighted by molar-refractivity contribution is 6.42. The van der Waals surface area contributed by atoms with E-state index in [-0.39, 0.29) is 12.0 Å². The zero-order chi connectivity index (χ0) is 16.2. The second kappa shape index (κ2) is 7.12. The van der Waals surface area contributed by atoms with E-state index in [1.54, 1.807) is 11.0 Å². The number of aromatic nitrogens is 4. The minimum atomic E-state index is -0.222. The number of benzene rings is 1. The van der Waals surface area contributed by atoms with E-state index in [1.807, 2.05) is 12.1 Å². The number of H-pyrrole nitrogens is 1. The van der Waals surface area contributed by atoms with Gasteiger partial charge in [0.1, 0.15) is 0 Å². The van der Waals surface area contributed by atoms with E-state index >= 15 is 0 Å². The number of nitrogens with one attached hydrogen (secondary N) is 2. The Morgan fingerprint density at radius 1 is 1.22 bits per heavy atom. The molecule has 1 aromatic heterocycles. The molecule has 23 heavy (non-hydrogen) atoms. The van der Waals surface area contributed by atoms with Crippen molar-refractivity contribution in [2.75, 3.05) is 31.5 Å². The van der Waals surface area contributed by atoms with Gasteiger partial charge in [0.05, 0.1) is 10.0 Å². The van der Waals surface area contributed by atoms with E-state index in [9.17, 15) is 4.79 Å². The maximum absolute atomic E-state index is 12.1. The summed E-state index contributed by atoms with van der Waals surface area (Å²) in [6.45, 7) is 3.59. The fourth-order valence-corrected chi connectivity index (χ4v) is 2.72. The fraction of sp³-hybridized carbons (Fsp3) is 0.385. The summed E-state index contributed by atoms with van der Waals surface area (Å²) in [5, 5.41) is 16.8. The summed E-state index contributed by atoms with van der Waals surface area (Å²) in [7, 11) is 0. The molecule has 1 fully saturated rings. The lowest BCUT2D eigenvalue weighted by Crippen LogP contribution is -2.49. The second-order valence-corrected chi connectivity index (χ2v) is 5.99. The first kappa shape index (κ1) is 16.0. The largest absolute Gasteiger partial charge is 0.324 e. The Morgan fingerprint density at radius 3 is 2.65 bits per heavy atom. The Labute approximate surface area is 142 Å². The first-order chi connectivity index (χ1) is 11.1. The number of carbonyl (C=O) groups is 1. The van der Waals surface area contributed by atoms with Gasteiger partial charge in [0, 0.05) is 32.7 Å². The first-order valence-corrected chi connectivity index (χ1v) is 7.83. The number of hydrogen-bond donors (Lipinski definition) is 2. The van der Waals surface area contributed by atoms with Gasteiger partial charge in [-0.15, -0.1) is 5.10 Å². The van der Waals surface area contributed by atoms with Gasteiger partial charge in [0.15, 0.2) is 0 Å². The molecule has 3 rings (SSSR count). The van der Waals surface area contributed by atoms with Gasteiger partial charge in [-0.1, -0.05) is 34.4 Å². The van der Waals surface area contributed by atoms with Crippen LogP contribution < -0.4 is 5.32 Å². The number of halogens is 2. The van der Waals surface area contributed by atoms with Crippen LogP contribution in [-0.2, 0) is 6.54 Å². The van der Waals surface area contributed by atoms with Crippen LogP contribution in [0.15, 0.2) is 18.2 Å². The summed E-state index contributed by atoms with van der Waals surface area (Å²) < 4.78 is 0. The number of rotatable bonds is 3. The minimum Gasteiger partial charge on any atom is -0.322 e. The third kappa shape index (κ3) is 4.10. The number of tetrazole rings is 1. The molecule has 10 heteroatoms. The molecule has 0 saturated carbocycles. The van der Waals surface area contributed by atoms with Crippen molar-refractivity contribution in [1.29, 1.82) is 0 Å². The molecule has 0 unspecified atom stereocenters. The number of piperazine rings is 1. The number of anilines is 1. The van der Waals surface area contributed by atoms with Crippen LogP contribution in [0.1, 0.15) is 5.56 Å². The van der Waals surface area contributed by atoms with Gasteiger partial charge in [-0.2, -0.15) is 5.21 Å². The Hall–Kier alpha value is -1.90. The van der Waals surface area contributed by atoms with Gasteiger partial charge in [0.25, 0.3) is 5.95 Å². The van der Waals surface area contributed by atoms with Gasteiger partial charge >= 0.3 is 6.03 Å². The molecule has 122 valence electrons. The van der Waals surface area contributed by atoms with E-state index in [1.165, 1.54) is 0 Å². The van der Waals surface area contributed by atoms with Crippen LogP contribution in [0.3, 0.4) is 0 Å². The molecule has 1 aromatic carbocycles. The molecular formula is C13H15Cl2N7O. The third-order valence-electron chi connectivity index (χ3n) is 3.61. The van der Waals surface area contributed by atoms with E-state index in [4.69, 9.17) is 23.2 Å². The quantitative estimate of drug-likeness (QED) is 0.876. The number of aromatic amines is 1. The Morgan fingerprint density at radius 2 is 2.00 bits per heavy atom. The smallest absolute Gasteiger partial charge is 0.322 e. The fourth-order valence-electron chi connectivity index (χ4n) is 2.39. The molecule has 0 atom stereocenters. The number of amides is 2. The number of carbonyl (C=O) groups excluding carboxylic acids is 1. The topological polar surface area (TPSA) is 90.0 Å². The number of nitrogens with zero attached hydrogens (tertiary/aromatic N) is 5. The van der Waals surface area contributed by atoms with Gasteiger partial charge in [0.2, 0.25) is 0 Å². The lowest BCUT2D eigenvalue weighted by Gasteiger charge is -2.34. The van der Waals surface area contributed by atoms with Gasteiger partial charge < -0.3 is 4.90 Å². The second-order valence-electron chi connectivity index (χ2n) is 5.18. The highest BCUT2D eigenvalue weighted by atomic mass is 35.5. The average molecular weight is 356 g/mol. The molecule has 1 saturated heterocycles. The molecule has 2 aromatic rings. The van der Waals surface area contributed by atoms with Crippen LogP contribution >= 0.6 is 23.2 Å². The predicted octanol–water partition coefficient (Wildman–Crippen LogP) is 1.86. The molecule has 0 spiro atoms. The summed E-state index contributed by atoms with van der Waals surface area (Å²) in [5.74, 6) is 0.174. The monoisotopic (exact) mass is 355 g/mol. The Kier molecular flexibility index (Phi) is 4.94. The maximum atomic E-state index is 12.1. The van der Waals surface area contributed by atoms with E-state index in [0.29, 0.717) is 23.1 Å². The number of hydrogen-bond acceptors (Lipinski definition) is 5. The van der Waals surface area contributed by atoms with Crippen molar-refractivity contribution in [2.24, 2.45) is 0 Å². The Balaban J connectivity index is 1.50. The van der Waals surface area contributed by atoms with Crippen molar-refractivity contribution in [1.82, 2.24) is 30.4 Å². The van der Waals surface area contributed by atoms with Crippen molar-refractivity contribution in [3.05, 3.63) is 33.8 Å². The SMILES string of the molecule is O=C(Nc1nn[nH]n1)N1CCN(Cc2ccc(Cl)c(Cl)c2)CC1. The van der Waals surface area contributed by atoms with Crippen LogP contribution in [0.2, 0.25) is 10.0 Å². The van der Waals surface area contributed by atoms with E-state index in [2.05, 4.69) is 30.8 Å². The summed E-state index contributed by atoms with van der Waals surface area (Å²) in [6.07, 6.45) is 0. The lowest BCUT2D eigenvalue weighted by atomic mass is 10.2. The van der Waals surface area contributed by atoms with Crippen LogP contribution in [0.25, 0.3) is 0 Å². The van der Waals surface area contributed by atoms with Crippen LogP contribution in [0.5, 0.6) is 0 Å². The average Bonchev–Trinajstić information content (AvgIpc) is 3.04. The minimum absolute atomic E-state index is 0.174. The summed E-state index contributed by atoms with van der Waals surface area (Å²) in [6, 6.07) is 5.41. The standard InChI is InChI=1S/C13H15Cl2N7O/c14-10-2-1-9(7-11(10)15)8-21-3-5-22(6-4-21)13(23)16-12-17-19-20-18-12/h1-2,7H,3-6,8H2,(H2,16,17,18,19,20,23). The van der Waals surface area contributed by atoms with Gasteiger partial charge in [-0.25, -0.2) is 4.79 Å². The summed E-state index contributed by atoms with van der Waals surface area (Å²) in [4.78, 5) is 16.0. The van der Waals surface area contributed by atoms with Crippen LogP contribution in [0.4, 0.5) is 10.7 Å². The molecule has 0 radical (unpaired) electrons. The molecule has 0 bridgehead atoms. The molecule has 8 nitrogen and oxygen atoms in total. The van der Waals surface area contributed by atoms with Crippen molar-refractivity contribution < 1.29 is 4.79 Å². The molecule has 1 aliphatic rings. The summed E-state index contributed by atoms with van der Waals surface area (Å²) >= 11 is 12.0. The van der Waals surface area contributed by atoms with Gasteiger partial charge in [-0.3, -0.25) is 10.2 Å². The number of urea groups is 1. The molecule has 1 aliphatic heterocycles. The van der Waals surface area contributed by atoms with Crippen molar-refractivity contribution in [3.8, 4) is 0 Å². The van der Waals surface area contributed by atoms with Crippen molar-refractivity contribution in [2.45, 2.75) is 6.54 Å². The van der Waals surface area contributed by atoms with E-state index < -0.39 is 0 Å². The highest BCUT2D eigenvalue weighted by Crippen LogP contribution is 2.23. The predicted molar refractivity (Wildman–Crippen MR) is 86.5 cm³/mol. The lowest BCUT2D eigenvalue weighted by molar-refractivity contribution is 0.143. The molecule has 2 heterocycles. The van der Waals surface area contributed by atoms with Crippen LogP contribution in [-0.4, -0.2) is 62.6 Å². The molecule has 2 amide bonds. The van der Waals surface area contributed by atoms with Crippen LogP contribution in [0, 0.1) is 0 Å². The zero-order valence-electron chi connectivity index (χ0n) is 12.2. The normalized spacial score (nSPS) is 15.7. The summed E-state index contributed by atoms with van der Waals surface area (Å²) in [5.41, 5.74) is 1.10. The highest BCUT2D eigenvalue weighted by Gasteiger charge is 2.22. The molecule has 0 aliphatic carbocycles. The zero-order valence-corrected chi connectivity index (χ0v) is 13.7. The van der Waals surface area contributed by atoms with Crippen molar-refractivity contribution >= 4 is 35.2 Å².